The van der Waals surface area contributed by atoms with Gasteiger partial charge in [-0.25, -0.2) is 16.8 Å². The van der Waals surface area contributed by atoms with Gasteiger partial charge in [0.25, 0.3) is 20.0 Å². The van der Waals surface area contributed by atoms with Crippen molar-refractivity contribution >= 4 is 48.7 Å². The number of anilines is 3. The summed E-state index contributed by atoms with van der Waals surface area (Å²) in [6.45, 7) is 1.34. The van der Waals surface area contributed by atoms with Gasteiger partial charge >= 0.3 is 0 Å². The van der Waals surface area contributed by atoms with E-state index in [0.29, 0.717) is 27.9 Å². The molecule has 0 saturated heterocycles. The van der Waals surface area contributed by atoms with E-state index in [1.54, 1.807) is 24.3 Å². The standard InChI is InChI=1S/C27H22N4O7S2/c1-16(32)28-17-4-2-5-18(12-17)30-39(35,36)21-8-10-23-24-11-9-22(15-26(24)27(29-34)25(23)14-21)40(37,38)31-19-6-3-7-20(33)13-19/h2-15,30-31,33-34H,1H3,(H,28,32). The third kappa shape index (κ3) is 5.19. The summed E-state index contributed by atoms with van der Waals surface area (Å²) in [6.07, 6.45) is 0. The number of nitrogens with zero attached hydrogens (tertiary/aromatic N) is 1. The summed E-state index contributed by atoms with van der Waals surface area (Å²) >= 11 is 0. The highest BCUT2D eigenvalue weighted by Crippen LogP contribution is 2.39. The second kappa shape index (κ2) is 10.0. The third-order valence-corrected chi connectivity index (χ3v) is 8.79. The van der Waals surface area contributed by atoms with E-state index in [0.717, 1.165) is 0 Å². The van der Waals surface area contributed by atoms with Gasteiger partial charge in [0, 0.05) is 29.8 Å². The van der Waals surface area contributed by atoms with E-state index in [1.807, 2.05) is 0 Å². The Morgan fingerprint density at radius 2 is 1.18 bits per heavy atom. The quantitative estimate of drug-likeness (QED) is 0.142. The molecule has 204 valence electrons. The summed E-state index contributed by atoms with van der Waals surface area (Å²) in [5.74, 6) is -0.417. The highest BCUT2D eigenvalue weighted by molar-refractivity contribution is 7.93. The van der Waals surface area contributed by atoms with Crippen LogP contribution in [0.2, 0.25) is 0 Å². The average molecular weight is 579 g/mol. The molecule has 0 atom stereocenters. The second-order valence-corrected chi connectivity index (χ2v) is 12.3. The molecule has 1 aliphatic carbocycles. The van der Waals surface area contributed by atoms with E-state index in [-0.39, 0.29) is 38.5 Å². The largest absolute Gasteiger partial charge is 0.508 e. The molecule has 0 saturated carbocycles. The molecule has 0 unspecified atom stereocenters. The molecule has 0 aromatic heterocycles. The number of phenols is 1. The van der Waals surface area contributed by atoms with Crippen LogP contribution in [-0.4, -0.2) is 38.8 Å². The summed E-state index contributed by atoms with van der Waals surface area (Å²) in [6, 6.07) is 20.3. The Hall–Kier alpha value is -4.88. The van der Waals surface area contributed by atoms with E-state index in [4.69, 9.17) is 0 Å². The highest BCUT2D eigenvalue weighted by atomic mass is 32.2. The van der Waals surface area contributed by atoms with E-state index in [2.05, 4.69) is 19.9 Å². The van der Waals surface area contributed by atoms with E-state index >= 15 is 0 Å². The van der Waals surface area contributed by atoms with Gasteiger partial charge in [-0.1, -0.05) is 29.4 Å². The monoisotopic (exact) mass is 578 g/mol. The van der Waals surface area contributed by atoms with Crippen LogP contribution in [0.4, 0.5) is 17.1 Å². The lowest BCUT2D eigenvalue weighted by molar-refractivity contribution is -0.114. The first-order chi connectivity index (χ1) is 19.0. The molecule has 0 bridgehead atoms. The molecule has 5 N–H and O–H groups in total. The Bertz CT molecular complexity index is 1920. The summed E-state index contributed by atoms with van der Waals surface area (Å²) in [5, 5.41) is 25.4. The van der Waals surface area contributed by atoms with Gasteiger partial charge in [0.05, 0.1) is 21.2 Å². The van der Waals surface area contributed by atoms with Gasteiger partial charge < -0.3 is 15.6 Å². The molecular weight excluding hydrogens is 556 g/mol. The molecule has 0 radical (unpaired) electrons. The van der Waals surface area contributed by atoms with Gasteiger partial charge in [-0.3, -0.25) is 14.2 Å². The number of benzene rings is 4. The number of aromatic hydroxyl groups is 1. The summed E-state index contributed by atoms with van der Waals surface area (Å²) in [5.41, 5.74) is 2.49. The lowest BCUT2D eigenvalue weighted by Gasteiger charge is -2.11. The highest BCUT2D eigenvalue weighted by Gasteiger charge is 2.30. The number of hydrogen-bond acceptors (Lipinski definition) is 8. The average Bonchev–Trinajstić information content (AvgIpc) is 3.20. The molecule has 4 aromatic carbocycles. The van der Waals surface area contributed by atoms with Crippen molar-refractivity contribution in [3.05, 3.63) is 96.1 Å². The fourth-order valence-electron chi connectivity index (χ4n) is 4.36. The second-order valence-electron chi connectivity index (χ2n) is 8.89. The SMILES string of the molecule is CC(=O)Nc1cccc(NS(=O)(=O)c2ccc3c(c2)C(=NO)c2cc(S(=O)(=O)Nc4cccc(O)c4)ccc2-3)c1. The fourth-order valence-corrected chi connectivity index (χ4v) is 6.51. The summed E-state index contributed by atoms with van der Waals surface area (Å²) in [7, 11) is -8.17. The molecule has 0 aliphatic heterocycles. The summed E-state index contributed by atoms with van der Waals surface area (Å²) < 4.78 is 57.2. The van der Waals surface area contributed by atoms with Gasteiger partial charge in [0.2, 0.25) is 5.91 Å². The molecule has 0 spiro atoms. The van der Waals surface area contributed by atoms with Crippen LogP contribution in [0.3, 0.4) is 0 Å². The zero-order valence-corrected chi connectivity index (χ0v) is 22.4. The minimum atomic E-state index is -4.09. The van der Waals surface area contributed by atoms with Crippen LogP contribution in [0.1, 0.15) is 18.1 Å². The van der Waals surface area contributed by atoms with Crippen LogP contribution in [0, 0.1) is 0 Å². The maximum Gasteiger partial charge on any atom is 0.261 e. The molecule has 1 amide bonds. The van der Waals surface area contributed by atoms with Gasteiger partial charge in [-0.05, 0) is 65.7 Å². The maximum absolute atomic E-state index is 13.2. The predicted octanol–water partition coefficient (Wildman–Crippen LogP) is 4.16. The summed E-state index contributed by atoms with van der Waals surface area (Å²) in [4.78, 5) is 11.1. The van der Waals surface area contributed by atoms with Crippen LogP contribution < -0.4 is 14.8 Å². The molecule has 4 aromatic rings. The first-order valence-corrected chi connectivity index (χ1v) is 14.7. The van der Waals surface area contributed by atoms with Crippen molar-refractivity contribution in [2.75, 3.05) is 14.8 Å². The van der Waals surface area contributed by atoms with Crippen molar-refractivity contribution in [3.8, 4) is 16.9 Å². The van der Waals surface area contributed by atoms with Crippen LogP contribution in [0.25, 0.3) is 11.1 Å². The molecule has 13 heteroatoms. The van der Waals surface area contributed by atoms with Crippen molar-refractivity contribution in [2.24, 2.45) is 5.16 Å². The van der Waals surface area contributed by atoms with Crippen molar-refractivity contribution in [2.45, 2.75) is 16.7 Å². The van der Waals surface area contributed by atoms with Crippen LogP contribution >= 0.6 is 0 Å². The number of nitrogens with one attached hydrogen (secondary N) is 3. The van der Waals surface area contributed by atoms with Gasteiger partial charge in [-0.15, -0.1) is 0 Å². The number of sulfonamides is 2. The Balaban J connectivity index is 1.46. The van der Waals surface area contributed by atoms with Crippen LogP contribution in [-0.2, 0) is 24.8 Å². The Labute approximate surface area is 229 Å². The number of fused-ring (bicyclic) bond motifs is 3. The smallest absolute Gasteiger partial charge is 0.261 e. The van der Waals surface area contributed by atoms with Gasteiger partial charge in [0.15, 0.2) is 0 Å². The molecule has 5 rings (SSSR count). The Morgan fingerprint density at radius 1 is 0.675 bits per heavy atom. The first-order valence-electron chi connectivity index (χ1n) is 11.7. The van der Waals surface area contributed by atoms with E-state index < -0.39 is 20.0 Å². The number of oxime groups is 1. The number of carbonyl (C=O) groups excluding carboxylic acids is 1. The normalized spacial score (nSPS) is 13.4. The third-order valence-electron chi connectivity index (χ3n) is 6.04. The van der Waals surface area contributed by atoms with E-state index in [9.17, 15) is 31.9 Å². The number of hydrogen-bond donors (Lipinski definition) is 5. The molecule has 11 nitrogen and oxygen atoms in total. The van der Waals surface area contributed by atoms with Crippen LogP contribution in [0.15, 0.2) is 99.9 Å². The number of amides is 1. The van der Waals surface area contributed by atoms with Gasteiger partial charge in [0.1, 0.15) is 11.5 Å². The molecule has 1 aliphatic rings. The van der Waals surface area contributed by atoms with Gasteiger partial charge in [-0.2, -0.15) is 0 Å². The lowest BCUT2D eigenvalue weighted by Crippen LogP contribution is -2.14. The maximum atomic E-state index is 13.2. The minimum absolute atomic E-state index is 0.00381. The minimum Gasteiger partial charge on any atom is -0.508 e. The van der Waals surface area contributed by atoms with Crippen molar-refractivity contribution in [3.63, 3.8) is 0 Å². The zero-order chi connectivity index (χ0) is 28.7. The number of carbonyl (C=O) groups is 1. The van der Waals surface area contributed by atoms with E-state index in [1.165, 1.54) is 67.6 Å². The molecule has 0 fully saturated rings. The van der Waals surface area contributed by atoms with Crippen molar-refractivity contribution < 1.29 is 31.9 Å². The predicted molar refractivity (Wildman–Crippen MR) is 150 cm³/mol. The fraction of sp³-hybridized carbons (Fsp3) is 0.0370. The molecule has 0 heterocycles. The number of rotatable bonds is 7. The van der Waals surface area contributed by atoms with Crippen LogP contribution in [0.5, 0.6) is 5.75 Å². The van der Waals surface area contributed by atoms with Crippen molar-refractivity contribution in [1.82, 2.24) is 0 Å². The molecule has 40 heavy (non-hydrogen) atoms. The zero-order valence-electron chi connectivity index (χ0n) is 20.8. The molecular formula is C27H22N4O7S2. The Morgan fingerprint density at radius 3 is 1.68 bits per heavy atom. The first kappa shape index (κ1) is 26.7. The lowest BCUT2D eigenvalue weighted by atomic mass is 10.1. The van der Waals surface area contributed by atoms with Crippen molar-refractivity contribution in [1.29, 1.82) is 0 Å². The Kier molecular flexibility index (Phi) is 6.69. The number of phenolic OH excluding ortho intramolecular Hbond substituents is 1. The topological polar surface area (TPSA) is 174 Å².